The zero-order valence-corrected chi connectivity index (χ0v) is 21.3. The van der Waals surface area contributed by atoms with Gasteiger partial charge in [0, 0.05) is 17.2 Å². The van der Waals surface area contributed by atoms with Crippen LogP contribution in [0.1, 0.15) is 46.7 Å². The van der Waals surface area contributed by atoms with Gasteiger partial charge < -0.3 is 14.8 Å². The molecule has 1 aromatic heterocycles. The molecule has 7 nitrogen and oxygen atoms in total. The number of hydrogen-bond acceptors (Lipinski definition) is 5. The molecule has 0 aliphatic carbocycles. The quantitative estimate of drug-likeness (QED) is 0.294. The van der Waals surface area contributed by atoms with E-state index in [0.717, 1.165) is 18.4 Å². The number of nitrogens with zero attached hydrogens (tertiary/aromatic N) is 2. The number of benzene rings is 3. The fourth-order valence-electron chi connectivity index (χ4n) is 4.03. The molecule has 4 rings (SSSR count). The van der Waals surface area contributed by atoms with E-state index in [1.807, 2.05) is 61.5 Å². The van der Waals surface area contributed by atoms with Crippen LogP contribution in [0.3, 0.4) is 0 Å². The average molecular weight is 498 g/mol. The smallest absolute Gasteiger partial charge is 0.358 e. The van der Waals surface area contributed by atoms with E-state index in [1.165, 1.54) is 5.56 Å². The van der Waals surface area contributed by atoms with E-state index in [4.69, 9.17) is 9.47 Å². The van der Waals surface area contributed by atoms with Crippen LogP contribution in [0.5, 0.6) is 5.75 Å². The average Bonchev–Trinajstić information content (AvgIpc) is 3.38. The van der Waals surface area contributed by atoms with Crippen LogP contribution in [0.4, 0.5) is 0 Å². The van der Waals surface area contributed by atoms with Crippen molar-refractivity contribution in [3.8, 4) is 22.7 Å². The molecule has 190 valence electrons. The summed E-state index contributed by atoms with van der Waals surface area (Å²) in [5, 5.41) is 7.58. The molecule has 37 heavy (non-hydrogen) atoms. The first-order valence-corrected chi connectivity index (χ1v) is 12.3. The SMILES string of the molecule is CCOC(=O)c1cc(-c2cccc(OC)c2)n(-c2ccc(C(=O)NC(C)CCc3ccccc3)cc2)n1. The number of esters is 1. The highest BCUT2D eigenvalue weighted by Crippen LogP contribution is 2.27. The van der Waals surface area contributed by atoms with Crippen LogP contribution in [0, 0.1) is 0 Å². The van der Waals surface area contributed by atoms with Crippen molar-refractivity contribution in [3.63, 3.8) is 0 Å². The molecule has 3 aromatic carbocycles. The van der Waals surface area contributed by atoms with Crippen molar-refractivity contribution >= 4 is 11.9 Å². The molecule has 0 radical (unpaired) electrons. The summed E-state index contributed by atoms with van der Waals surface area (Å²) in [6.07, 6.45) is 1.75. The Labute approximate surface area is 217 Å². The van der Waals surface area contributed by atoms with Gasteiger partial charge in [-0.25, -0.2) is 9.48 Å². The molecule has 1 heterocycles. The first-order valence-electron chi connectivity index (χ1n) is 12.3. The third-order valence-electron chi connectivity index (χ3n) is 6.02. The van der Waals surface area contributed by atoms with Crippen LogP contribution in [0.2, 0.25) is 0 Å². The van der Waals surface area contributed by atoms with Crippen molar-refractivity contribution < 1.29 is 19.1 Å². The second-order valence-electron chi connectivity index (χ2n) is 8.72. The molecule has 0 bridgehead atoms. The van der Waals surface area contributed by atoms with E-state index in [0.29, 0.717) is 22.7 Å². The third kappa shape index (κ3) is 6.44. The summed E-state index contributed by atoms with van der Waals surface area (Å²) in [7, 11) is 1.60. The van der Waals surface area contributed by atoms with Gasteiger partial charge in [-0.05, 0) is 74.7 Å². The number of methoxy groups -OCH3 is 1. The highest BCUT2D eigenvalue weighted by atomic mass is 16.5. The van der Waals surface area contributed by atoms with E-state index < -0.39 is 5.97 Å². The number of carbonyl (C=O) groups is 2. The summed E-state index contributed by atoms with van der Waals surface area (Å²) in [6, 6.07) is 26.6. The van der Waals surface area contributed by atoms with Gasteiger partial charge in [0.15, 0.2) is 5.69 Å². The van der Waals surface area contributed by atoms with Crippen LogP contribution < -0.4 is 10.1 Å². The lowest BCUT2D eigenvalue weighted by Gasteiger charge is -2.14. The number of hydrogen-bond donors (Lipinski definition) is 1. The Morgan fingerprint density at radius 3 is 2.43 bits per heavy atom. The van der Waals surface area contributed by atoms with Crippen molar-refractivity contribution in [1.82, 2.24) is 15.1 Å². The molecule has 0 saturated carbocycles. The second kappa shape index (κ2) is 12.0. The van der Waals surface area contributed by atoms with Gasteiger partial charge in [0.05, 0.1) is 25.1 Å². The van der Waals surface area contributed by atoms with Gasteiger partial charge >= 0.3 is 5.97 Å². The third-order valence-corrected chi connectivity index (χ3v) is 6.02. The first-order chi connectivity index (χ1) is 18.0. The van der Waals surface area contributed by atoms with Gasteiger partial charge in [0.1, 0.15) is 5.75 Å². The Morgan fingerprint density at radius 1 is 0.973 bits per heavy atom. The van der Waals surface area contributed by atoms with E-state index in [9.17, 15) is 9.59 Å². The topological polar surface area (TPSA) is 82.5 Å². The highest BCUT2D eigenvalue weighted by molar-refractivity contribution is 5.94. The van der Waals surface area contributed by atoms with Gasteiger partial charge in [0.2, 0.25) is 0 Å². The maximum absolute atomic E-state index is 12.8. The minimum atomic E-state index is -0.495. The fourth-order valence-corrected chi connectivity index (χ4v) is 4.03. The minimum absolute atomic E-state index is 0.0327. The molecule has 1 atom stereocenters. The standard InChI is InChI=1S/C30H31N3O4/c1-4-37-30(35)27-20-28(24-11-8-12-26(19-24)36-3)33(32-27)25-17-15-23(16-18-25)29(34)31-21(2)13-14-22-9-6-5-7-10-22/h5-12,15-21H,4,13-14H2,1-3H3,(H,31,34). The summed E-state index contributed by atoms with van der Waals surface area (Å²) >= 11 is 0. The van der Waals surface area contributed by atoms with Gasteiger partial charge in [-0.2, -0.15) is 5.10 Å². The maximum atomic E-state index is 12.8. The predicted octanol–water partition coefficient (Wildman–Crippen LogP) is 5.48. The van der Waals surface area contributed by atoms with Crippen molar-refractivity contribution in [2.75, 3.05) is 13.7 Å². The molecule has 0 fully saturated rings. The molecule has 0 aliphatic heterocycles. The Hall–Kier alpha value is -4.39. The molecule has 0 saturated heterocycles. The molecule has 0 spiro atoms. The molecule has 4 aromatic rings. The number of nitrogens with one attached hydrogen (secondary N) is 1. The normalized spacial score (nSPS) is 11.5. The van der Waals surface area contributed by atoms with Crippen molar-refractivity contribution in [2.24, 2.45) is 0 Å². The van der Waals surface area contributed by atoms with Crippen molar-refractivity contribution in [1.29, 1.82) is 0 Å². The number of aromatic nitrogens is 2. The zero-order chi connectivity index (χ0) is 26.2. The molecule has 0 aliphatic rings. The largest absolute Gasteiger partial charge is 0.497 e. The van der Waals surface area contributed by atoms with E-state index >= 15 is 0 Å². The molecule has 1 N–H and O–H groups in total. The Kier molecular flexibility index (Phi) is 8.36. The summed E-state index contributed by atoms with van der Waals surface area (Å²) < 4.78 is 12.2. The highest BCUT2D eigenvalue weighted by Gasteiger charge is 2.19. The lowest BCUT2D eigenvalue weighted by atomic mass is 10.1. The lowest BCUT2D eigenvalue weighted by molar-refractivity contribution is 0.0518. The van der Waals surface area contributed by atoms with Crippen LogP contribution >= 0.6 is 0 Å². The monoisotopic (exact) mass is 497 g/mol. The van der Waals surface area contributed by atoms with Crippen molar-refractivity contribution in [3.05, 3.63) is 102 Å². The van der Waals surface area contributed by atoms with E-state index in [1.54, 1.807) is 36.9 Å². The van der Waals surface area contributed by atoms with Crippen LogP contribution in [0.25, 0.3) is 16.9 Å². The zero-order valence-electron chi connectivity index (χ0n) is 21.3. The summed E-state index contributed by atoms with van der Waals surface area (Å²) in [5.41, 5.74) is 4.25. The molecule has 7 heteroatoms. The number of carbonyl (C=O) groups excluding carboxylic acids is 2. The molecule has 1 unspecified atom stereocenters. The van der Waals surface area contributed by atoms with Gasteiger partial charge in [-0.15, -0.1) is 0 Å². The van der Waals surface area contributed by atoms with E-state index in [2.05, 4.69) is 22.5 Å². The Morgan fingerprint density at radius 2 is 1.73 bits per heavy atom. The summed E-state index contributed by atoms with van der Waals surface area (Å²) in [6.45, 7) is 4.02. The molecular weight excluding hydrogens is 466 g/mol. The minimum Gasteiger partial charge on any atom is -0.497 e. The molecule has 1 amide bonds. The number of rotatable bonds is 10. The maximum Gasteiger partial charge on any atom is 0.358 e. The van der Waals surface area contributed by atoms with Crippen LogP contribution in [-0.4, -0.2) is 41.4 Å². The second-order valence-corrected chi connectivity index (χ2v) is 8.72. The Bertz CT molecular complexity index is 1350. The van der Waals surface area contributed by atoms with Crippen LogP contribution in [0.15, 0.2) is 84.9 Å². The van der Waals surface area contributed by atoms with Crippen LogP contribution in [-0.2, 0) is 11.2 Å². The van der Waals surface area contributed by atoms with E-state index in [-0.39, 0.29) is 24.2 Å². The fraction of sp³-hybridized carbons (Fsp3) is 0.233. The predicted molar refractivity (Wildman–Crippen MR) is 143 cm³/mol. The van der Waals surface area contributed by atoms with Crippen molar-refractivity contribution in [2.45, 2.75) is 32.7 Å². The molecular formula is C30H31N3O4. The van der Waals surface area contributed by atoms with Gasteiger partial charge in [0.25, 0.3) is 5.91 Å². The first kappa shape index (κ1) is 25.7. The lowest BCUT2D eigenvalue weighted by Crippen LogP contribution is -2.32. The Balaban J connectivity index is 1.53. The van der Waals surface area contributed by atoms with Gasteiger partial charge in [-0.1, -0.05) is 42.5 Å². The number of aryl methyl sites for hydroxylation is 1. The van der Waals surface area contributed by atoms with Gasteiger partial charge in [-0.3, -0.25) is 4.79 Å². The number of amides is 1. The number of ether oxygens (including phenoxy) is 2. The summed E-state index contributed by atoms with van der Waals surface area (Å²) in [4.78, 5) is 25.2. The summed E-state index contributed by atoms with van der Waals surface area (Å²) in [5.74, 6) is 0.0648.